The van der Waals surface area contributed by atoms with Crippen LogP contribution in [0.4, 0.5) is 5.69 Å². The van der Waals surface area contributed by atoms with Crippen molar-refractivity contribution in [2.24, 2.45) is 5.14 Å². The van der Waals surface area contributed by atoms with Gasteiger partial charge in [-0.1, -0.05) is 6.07 Å². The first-order chi connectivity index (χ1) is 12.2. The number of hydrogen-bond donors (Lipinski definition) is 2. The van der Waals surface area contributed by atoms with Crippen molar-refractivity contribution < 1.29 is 18.3 Å². The number of rotatable bonds is 5. The zero-order valence-corrected chi connectivity index (χ0v) is 16.0. The van der Waals surface area contributed by atoms with Crippen molar-refractivity contribution in [3.63, 3.8) is 0 Å². The topological polar surface area (TPSA) is 92.9 Å². The number of aliphatic hydroxyl groups is 1. The molecule has 6 nitrogen and oxygen atoms in total. The second kappa shape index (κ2) is 6.90. The third kappa shape index (κ3) is 3.56. The maximum absolute atomic E-state index is 11.6. The fraction of sp³-hybridized carbons (Fsp3) is 0.368. The zero-order valence-electron chi connectivity index (χ0n) is 15.1. The molecule has 3 N–H and O–H groups in total. The third-order valence-corrected chi connectivity index (χ3v) is 5.77. The van der Waals surface area contributed by atoms with Gasteiger partial charge in [-0.15, -0.1) is 0 Å². The Morgan fingerprint density at radius 1 is 1.31 bits per heavy atom. The molecule has 3 rings (SSSR count). The summed E-state index contributed by atoms with van der Waals surface area (Å²) >= 11 is 0. The van der Waals surface area contributed by atoms with Crippen molar-refractivity contribution >= 4 is 15.7 Å². The van der Waals surface area contributed by atoms with Crippen LogP contribution < -0.4 is 14.8 Å². The highest BCUT2D eigenvalue weighted by molar-refractivity contribution is 7.89. The maximum atomic E-state index is 11.6. The molecule has 0 radical (unpaired) electrons. The van der Waals surface area contributed by atoms with Crippen molar-refractivity contribution in [2.45, 2.75) is 43.9 Å². The summed E-state index contributed by atoms with van der Waals surface area (Å²) in [4.78, 5) is 2.35. The van der Waals surface area contributed by atoms with Crippen molar-refractivity contribution in [2.75, 3.05) is 12.0 Å². The van der Waals surface area contributed by atoms with E-state index in [0.717, 1.165) is 34.5 Å². The fourth-order valence-electron chi connectivity index (χ4n) is 3.45. The van der Waals surface area contributed by atoms with Crippen LogP contribution in [-0.4, -0.2) is 26.7 Å². The molecule has 0 saturated heterocycles. The van der Waals surface area contributed by atoms with E-state index in [2.05, 4.69) is 11.8 Å². The largest absolute Gasteiger partial charge is 0.496 e. The number of aliphatic hydroxyl groups excluding tert-OH is 1. The smallest absolute Gasteiger partial charge is 0.238 e. The number of methoxy groups -OCH3 is 1. The highest BCUT2D eigenvalue weighted by atomic mass is 32.2. The molecule has 0 spiro atoms. The second-order valence-corrected chi connectivity index (χ2v) is 8.33. The molecular weight excluding hydrogens is 352 g/mol. The van der Waals surface area contributed by atoms with Crippen LogP contribution in [0.1, 0.15) is 36.6 Å². The fourth-order valence-corrected chi connectivity index (χ4v) is 4.02. The lowest BCUT2D eigenvalue weighted by Crippen LogP contribution is -2.28. The molecule has 140 valence electrons. The molecule has 0 aromatic heterocycles. The van der Waals surface area contributed by atoms with E-state index < -0.39 is 16.1 Å². The molecule has 2 atom stereocenters. The highest BCUT2D eigenvalue weighted by Gasteiger charge is 2.28. The standard InChI is InChI=1S/C19H24N2O4S/c1-12-8-15-10-17(26(20,23)24)5-6-18(15)21(12)11-16-9-14(13(2)22)4-7-19(16)25-3/h4-7,9-10,12-13,22H,8,11H2,1-3H3,(H2,20,23,24)/t12-,13+/m0/s1. The van der Waals surface area contributed by atoms with Crippen LogP contribution in [0.2, 0.25) is 0 Å². The molecule has 0 bridgehead atoms. The quantitative estimate of drug-likeness (QED) is 0.836. The molecule has 1 heterocycles. The third-order valence-electron chi connectivity index (χ3n) is 4.86. The van der Waals surface area contributed by atoms with Crippen LogP contribution >= 0.6 is 0 Å². The summed E-state index contributed by atoms with van der Waals surface area (Å²) in [5.41, 5.74) is 3.77. The van der Waals surface area contributed by atoms with E-state index in [4.69, 9.17) is 9.88 Å². The summed E-state index contributed by atoms with van der Waals surface area (Å²) < 4.78 is 28.7. The van der Waals surface area contributed by atoms with Crippen LogP contribution in [0.5, 0.6) is 5.75 Å². The van der Waals surface area contributed by atoms with Gasteiger partial charge in [0, 0.05) is 23.8 Å². The maximum Gasteiger partial charge on any atom is 0.238 e. The Bertz CT molecular complexity index is 925. The highest BCUT2D eigenvalue weighted by Crippen LogP contribution is 2.36. The van der Waals surface area contributed by atoms with E-state index >= 15 is 0 Å². The van der Waals surface area contributed by atoms with E-state index in [1.54, 1.807) is 26.2 Å². The van der Waals surface area contributed by atoms with Gasteiger partial charge in [-0.2, -0.15) is 0 Å². The predicted molar refractivity (Wildman–Crippen MR) is 101 cm³/mol. The summed E-state index contributed by atoms with van der Waals surface area (Å²) in [5, 5.41) is 15.1. The van der Waals surface area contributed by atoms with Gasteiger partial charge < -0.3 is 14.7 Å². The van der Waals surface area contributed by atoms with Gasteiger partial charge in [0.05, 0.1) is 18.1 Å². The monoisotopic (exact) mass is 376 g/mol. The Labute approximate surface area is 154 Å². The number of nitrogens with zero attached hydrogens (tertiary/aromatic N) is 1. The SMILES string of the molecule is COc1ccc([C@@H](C)O)cc1CN1c2ccc(S(N)(=O)=O)cc2C[C@@H]1C. The number of hydrogen-bond acceptors (Lipinski definition) is 5. The van der Waals surface area contributed by atoms with Crippen LogP contribution in [0.15, 0.2) is 41.3 Å². The second-order valence-electron chi connectivity index (χ2n) is 6.76. The molecular formula is C19H24N2O4S. The average molecular weight is 376 g/mol. The van der Waals surface area contributed by atoms with Crippen molar-refractivity contribution in [3.8, 4) is 5.75 Å². The Hall–Kier alpha value is -2.09. The normalized spacial score (nSPS) is 17.9. The molecule has 0 aliphatic carbocycles. The number of nitrogens with two attached hydrogens (primary N) is 1. The van der Waals surface area contributed by atoms with Crippen molar-refractivity contribution in [1.82, 2.24) is 0 Å². The van der Waals surface area contributed by atoms with Crippen molar-refractivity contribution in [1.29, 1.82) is 0 Å². The molecule has 1 aliphatic heterocycles. The number of ether oxygens (including phenoxy) is 1. The first-order valence-corrected chi connectivity index (χ1v) is 10.0. The summed E-state index contributed by atoms with van der Waals surface area (Å²) in [6, 6.07) is 10.9. The Balaban J connectivity index is 1.96. The summed E-state index contributed by atoms with van der Waals surface area (Å²) in [6.45, 7) is 4.43. The van der Waals surface area contributed by atoms with Gasteiger partial charge in [0.2, 0.25) is 10.0 Å². The van der Waals surface area contributed by atoms with E-state index in [1.165, 1.54) is 0 Å². The van der Waals surface area contributed by atoms with Gasteiger partial charge in [0.1, 0.15) is 5.75 Å². The molecule has 0 amide bonds. The Kier molecular flexibility index (Phi) is 4.96. The molecule has 7 heteroatoms. The van der Waals surface area contributed by atoms with Crippen LogP contribution in [0.25, 0.3) is 0 Å². The van der Waals surface area contributed by atoms with Crippen LogP contribution in [0, 0.1) is 0 Å². The molecule has 2 aromatic rings. The van der Waals surface area contributed by atoms with E-state index in [9.17, 15) is 13.5 Å². The van der Waals surface area contributed by atoms with Gasteiger partial charge in [-0.25, -0.2) is 13.6 Å². The minimum absolute atomic E-state index is 0.138. The number of primary sulfonamides is 1. The minimum atomic E-state index is -3.71. The minimum Gasteiger partial charge on any atom is -0.496 e. The Morgan fingerprint density at radius 2 is 2.04 bits per heavy atom. The van der Waals surface area contributed by atoms with Gasteiger partial charge in [-0.05, 0) is 61.7 Å². The summed E-state index contributed by atoms with van der Waals surface area (Å²) in [6.07, 6.45) is 0.192. The molecule has 0 saturated carbocycles. The van der Waals surface area contributed by atoms with Crippen LogP contribution in [-0.2, 0) is 23.0 Å². The molecule has 2 aromatic carbocycles. The lowest BCUT2D eigenvalue weighted by atomic mass is 10.1. The molecule has 0 unspecified atom stereocenters. The number of fused-ring (bicyclic) bond motifs is 1. The molecule has 0 fully saturated rings. The number of sulfonamides is 1. The Morgan fingerprint density at radius 3 is 2.65 bits per heavy atom. The molecule has 1 aliphatic rings. The lowest BCUT2D eigenvalue weighted by molar-refractivity contribution is 0.199. The number of benzene rings is 2. The van der Waals surface area contributed by atoms with Gasteiger partial charge in [-0.3, -0.25) is 0 Å². The average Bonchev–Trinajstić information content (AvgIpc) is 2.89. The van der Waals surface area contributed by atoms with Crippen molar-refractivity contribution in [3.05, 3.63) is 53.1 Å². The van der Waals surface area contributed by atoms with E-state index in [0.29, 0.717) is 6.54 Å². The lowest BCUT2D eigenvalue weighted by Gasteiger charge is -2.26. The first kappa shape index (κ1) is 18.7. The van der Waals surface area contributed by atoms with E-state index in [1.807, 2.05) is 24.3 Å². The van der Waals surface area contributed by atoms with Gasteiger partial charge in [0.15, 0.2) is 0 Å². The summed E-state index contributed by atoms with van der Waals surface area (Å²) in [5.74, 6) is 0.760. The van der Waals surface area contributed by atoms with Crippen LogP contribution in [0.3, 0.4) is 0 Å². The molecule has 26 heavy (non-hydrogen) atoms. The predicted octanol–water partition coefficient (Wildman–Crippen LogP) is 2.35. The van der Waals surface area contributed by atoms with Gasteiger partial charge in [0.25, 0.3) is 0 Å². The zero-order chi connectivity index (χ0) is 19.1. The van der Waals surface area contributed by atoms with Gasteiger partial charge >= 0.3 is 0 Å². The summed E-state index contributed by atoms with van der Waals surface area (Å²) in [7, 11) is -2.08. The number of anilines is 1. The van der Waals surface area contributed by atoms with E-state index in [-0.39, 0.29) is 10.9 Å². The first-order valence-electron chi connectivity index (χ1n) is 8.48.